The molecule has 0 saturated carbocycles. The number of rotatable bonds is 4. The molecule has 2 aromatic rings. The summed E-state index contributed by atoms with van der Waals surface area (Å²) >= 11 is 7.04. The fourth-order valence-corrected chi connectivity index (χ4v) is 3.30. The Balaban J connectivity index is 2.18. The van der Waals surface area contributed by atoms with Gasteiger partial charge in [0.15, 0.2) is 0 Å². The van der Waals surface area contributed by atoms with E-state index in [0.29, 0.717) is 13.2 Å². The molecular weight excluding hydrogens is 370 g/mol. The van der Waals surface area contributed by atoms with E-state index in [1.807, 2.05) is 24.3 Å². The number of aryl methyl sites for hydroxylation is 1. The normalized spacial score (nSPS) is 10.5. The molecule has 0 heterocycles. The Bertz CT molecular complexity index is 561. The third-order valence-corrected chi connectivity index (χ3v) is 4.11. The zero-order valence-corrected chi connectivity index (χ0v) is 13.8. The van der Waals surface area contributed by atoms with Crippen LogP contribution in [0.5, 0.6) is 5.75 Å². The van der Waals surface area contributed by atoms with E-state index >= 15 is 0 Å². The Morgan fingerprint density at radius 1 is 1.11 bits per heavy atom. The molecule has 0 aliphatic carbocycles. The molecule has 0 radical (unpaired) electrons. The van der Waals surface area contributed by atoms with Gasteiger partial charge in [-0.2, -0.15) is 0 Å². The van der Waals surface area contributed by atoms with Gasteiger partial charge < -0.3 is 10.5 Å². The predicted molar refractivity (Wildman–Crippen MR) is 85.2 cm³/mol. The fraction of sp³-hybridized carbons (Fsp3) is 0.200. The van der Waals surface area contributed by atoms with Crippen molar-refractivity contribution in [3.63, 3.8) is 0 Å². The van der Waals surface area contributed by atoms with E-state index in [1.54, 1.807) is 0 Å². The van der Waals surface area contributed by atoms with Crippen molar-refractivity contribution in [3.8, 4) is 5.75 Å². The van der Waals surface area contributed by atoms with Gasteiger partial charge in [-0.05, 0) is 67.6 Å². The summed E-state index contributed by atoms with van der Waals surface area (Å²) in [7, 11) is 0. The summed E-state index contributed by atoms with van der Waals surface area (Å²) in [6.07, 6.45) is 0. The fourth-order valence-electron chi connectivity index (χ4n) is 1.79. The zero-order valence-electron chi connectivity index (χ0n) is 10.6. The molecule has 2 nitrogen and oxygen atoms in total. The van der Waals surface area contributed by atoms with Crippen molar-refractivity contribution in [1.29, 1.82) is 0 Å². The Morgan fingerprint density at radius 2 is 1.74 bits per heavy atom. The van der Waals surface area contributed by atoms with Gasteiger partial charge in [0.25, 0.3) is 0 Å². The van der Waals surface area contributed by atoms with Crippen molar-refractivity contribution >= 4 is 31.9 Å². The van der Waals surface area contributed by atoms with Crippen LogP contribution in [-0.4, -0.2) is 0 Å². The molecule has 0 saturated heterocycles. The Labute approximate surface area is 130 Å². The predicted octanol–water partition coefficient (Wildman–Crippen LogP) is 4.56. The number of hydrogen-bond acceptors (Lipinski definition) is 2. The van der Waals surface area contributed by atoms with Crippen LogP contribution in [0.25, 0.3) is 0 Å². The number of nitrogens with two attached hydrogens (primary N) is 1. The monoisotopic (exact) mass is 383 g/mol. The minimum atomic E-state index is 0.509. The molecule has 0 amide bonds. The number of ether oxygens (including phenoxy) is 1. The number of benzene rings is 2. The molecule has 2 N–H and O–H groups in total. The van der Waals surface area contributed by atoms with E-state index in [0.717, 1.165) is 20.3 Å². The highest BCUT2D eigenvalue weighted by Crippen LogP contribution is 2.35. The quantitative estimate of drug-likeness (QED) is 0.838. The van der Waals surface area contributed by atoms with Crippen LogP contribution in [0, 0.1) is 6.92 Å². The van der Waals surface area contributed by atoms with E-state index in [-0.39, 0.29) is 0 Å². The minimum absolute atomic E-state index is 0.509. The lowest BCUT2D eigenvalue weighted by molar-refractivity contribution is 0.301. The van der Waals surface area contributed by atoms with Crippen molar-refractivity contribution in [1.82, 2.24) is 0 Å². The van der Waals surface area contributed by atoms with Crippen LogP contribution >= 0.6 is 31.9 Å². The molecular formula is C15H15Br2NO. The molecule has 0 aliphatic heterocycles. The zero-order chi connectivity index (χ0) is 13.8. The lowest BCUT2D eigenvalue weighted by Crippen LogP contribution is -2.01. The van der Waals surface area contributed by atoms with Crippen LogP contribution in [0.4, 0.5) is 0 Å². The third-order valence-electron chi connectivity index (χ3n) is 2.93. The first kappa shape index (κ1) is 14.6. The molecule has 0 bridgehead atoms. The average molecular weight is 385 g/mol. The first-order chi connectivity index (χ1) is 9.11. The lowest BCUT2D eigenvalue weighted by Gasteiger charge is -2.13. The van der Waals surface area contributed by atoms with Crippen LogP contribution < -0.4 is 10.5 Å². The van der Waals surface area contributed by atoms with E-state index in [2.05, 4.69) is 50.9 Å². The number of hydrogen-bond donors (Lipinski definition) is 1. The van der Waals surface area contributed by atoms with Gasteiger partial charge in [0, 0.05) is 6.54 Å². The van der Waals surface area contributed by atoms with Gasteiger partial charge in [-0.15, -0.1) is 0 Å². The highest BCUT2D eigenvalue weighted by Gasteiger charge is 2.09. The van der Waals surface area contributed by atoms with Crippen LogP contribution in [-0.2, 0) is 13.2 Å². The summed E-state index contributed by atoms with van der Waals surface area (Å²) in [6, 6.07) is 12.2. The average Bonchev–Trinajstić information content (AvgIpc) is 2.39. The first-order valence-corrected chi connectivity index (χ1v) is 7.55. The molecule has 0 atom stereocenters. The molecule has 19 heavy (non-hydrogen) atoms. The lowest BCUT2D eigenvalue weighted by atomic mass is 10.1. The summed E-state index contributed by atoms with van der Waals surface area (Å²) in [5.74, 6) is 0.806. The molecule has 0 aromatic heterocycles. The summed E-state index contributed by atoms with van der Waals surface area (Å²) in [6.45, 7) is 3.14. The van der Waals surface area contributed by atoms with E-state index in [4.69, 9.17) is 10.5 Å². The highest BCUT2D eigenvalue weighted by atomic mass is 79.9. The second-order valence-corrected chi connectivity index (χ2v) is 6.02. The standard InChI is InChI=1S/C15H15Br2NO/c1-10-4-2-3-5-12(10)9-19-15-13(16)6-11(8-18)7-14(15)17/h2-7H,8-9,18H2,1H3. The summed E-state index contributed by atoms with van der Waals surface area (Å²) in [4.78, 5) is 0. The van der Waals surface area contributed by atoms with Gasteiger partial charge in [0.1, 0.15) is 12.4 Å². The van der Waals surface area contributed by atoms with Crippen molar-refractivity contribution in [3.05, 3.63) is 62.0 Å². The smallest absolute Gasteiger partial charge is 0.148 e. The van der Waals surface area contributed by atoms with Crippen LogP contribution in [0.3, 0.4) is 0 Å². The van der Waals surface area contributed by atoms with Crippen LogP contribution in [0.15, 0.2) is 45.3 Å². The molecule has 100 valence electrons. The minimum Gasteiger partial charge on any atom is -0.487 e. The summed E-state index contributed by atoms with van der Waals surface area (Å²) in [5, 5.41) is 0. The third kappa shape index (κ3) is 3.59. The van der Waals surface area contributed by atoms with E-state index in [9.17, 15) is 0 Å². The second kappa shape index (κ2) is 6.55. The summed E-state index contributed by atoms with van der Waals surface area (Å²) < 4.78 is 7.73. The van der Waals surface area contributed by atoms with Crippen LogP contribution in [0.2, 0.25) is 0 Å². The molecule has 0 spiro atoms. The molecule has 2 rings (SSSR count). The molecule has 0 unspecified atom stereocenters. The van der Waals surface area contributed by atoms with E-state index < -0.39 is 0 Å². The molecule has 0 aliphatic rings. The van der Waals surface area contributed by atoms with Crippen molar-refractivity contribution in [2.45, 2.75) is 20.1 Å². The molecule has 0 fully saturated rings. The van der Waals surface area contributed by atoms with Gasteiger partial charge in [-0.3, -0.25) is 0 Å². The van der Waals surface area contributed by atoms with Gasteiger partial charge in [-0.1, -0.05) is 24.3 Å². The van der Waals surface area contributed by atoms with Crippen molar-refractivity contribution in [2.75, 3.05) is 0 Å². The Morgan fingerprint density at radius 3 is 2.32 bits per heavy atom. The topological polar surface area (TPSA) is 35.2 Å². The maximum Gasteiger partial charge on any atom is 0.148 e. The SMILES string of the molecule is Cc1ccccc1COc1c(Br)cc(CN)cc1Br. The van der Waals surface area contributed by atoms with E-state index in [1.165, 1.54) is 11.1 Å². The van der Waals surface area contributed by atoms with Crippen molar-refractivity contribution in [2.24, 2.45) is 5.73 Å². The maximum absolute atomic E-state index is 5.90. The Hall–Kier alpha value is -0.840. The Kier molecular flexibility index (Phi) is 5.02. The first-order valence-electron chi connectivity index (χ1n) is 5.97. The highest BCUT2D eigenvalue weighted by molar-refractivity contribution is 9.11. The number of halogens is 2. The maximum atomic E-state index is 5.90. The van der Waals surface area contributed by atoms with Gasteiger partial charge in [0.05, 0.1) is 8.95 Å². The summed E-state index contributed by atoms with van der Waals surface area (Å²) in [5.41, 5.74) is 9.11. The molecule has 4 heteroatoms. The van der Waals surface area contributed by atoms with Gasteiger partial charge >= 0.3 is 0 Å². The second-order valence-electron chi connectivity index (χ2n) is 4.31. The largest absolute Gasteiger partial charge is 0.487 e. The van der Waals surface area contributed by atoms with Crippen LogP contribution in [0.1, 0.15) is 16.7 Å². The van der Waals surface area contributed by atoms with Gasteiger partial charge in [-0.25, -0.2) is 0 Å². The van der Waals surface area contributed by atoms with Crippen molar-refractivity contribution < 1.29 is 4.74 Å². The molecule has 2 aromatic carbocycles. The van der Waals surface area contributed by atoms with Gasteiger partial charge in [0.2, 0.25) is 0 Å².